The van der Waals surface area contributed by atoms with Crippen LogP contribution in [0.15, 0.2) is 36.5 Å². The Kier molecular flexibility index (Phi) is 4.61. The highest BCUT2D eigenvalue weighted by Gasteiger charge is 2.29. The van der Waals surface area contributed by atoms with E-state index in [2.05, 4.69) is 9.71 Å². The second-order valence-electron chi connectivity index (χ2n) is 5.21. The summed E-state index contributed by atoms with van der Waals surface area (Å²) in [5.74, 6) is -0.897. The maximum Gasteiger partial charge on any atom is 0.154 e. The molecule has 2 rings (SSSR count). The van der Waals surface area contributed by atoms with Gasteiger partial charge in [0.1, 0.15) is 17.8 Å². The lowest BCUT2D eigenvalue weighted by molar-refractivity contribution is 0.448. The zero-order chi connectivity index (χ0) is 15.6. The lowest BCUT2D eigenvalue weighted by Gasteiger charge is -2.26. The molecular weight excluding hydrogens is 294 g/mol. The van der Waals surface area contributed by atoms with Gasteiger partial charge < -0.3 is 4.55 Å². The molecular formula is C15H16F2N2OS. The quantitative estimate of drug-likeness (QED) is 0.883. The molecule has 0 bridgehead atoms. The van der Waals surface area contributed by atoms with E-state index < -0.39 is 28.5 Å². The predicted octanol–water partition coefficient (Wildman–Crippen LogP) is 3.15. The van der Waals surface area contributed by atoms with Crippen molar-refractivity contribution in [3.05, 3.63) is 53.7 Å². The predicted molar refractivity (Wildman–Crippen MR) is 79.8 cm³/mol. The monoisotopic (exact) mass is 310 g/mol. The first kappa shape index (κ1) is 15.9. The van der Waals surface area contributed by atoms with Crippen molar-refractivity contribution in [2.75, 3.05) is 6.26 Å². The molecule has 0 spiro atoms. The molecule has 1 N–H and O–H groups in total. The van der Waals surface area contributed by atoms with Crippen molar-refractivity contribution in [3.63, 3.8) is 0 Å². The highest BCUT2D eigenvalue weighted by atomic mass is 32.2. The van der Waals surface area contributed by atoms with Gasteiger partial charge in [-0.1, -0.05) is 0 Å². The minimum Gasteiger partial charge on any atom is -0.598 e. The van der Waals surface area contributed by atoms with E-state index in [9.17, 15) is 13.3 Å². The fourth-order valence-electron chi connectivity index (χ4n) is 2.15. The molecule has 2 aromatic rings. The number of hydrogen-bond acceptors (Lipinski definition) is 3. The van der Waals surface area contributed by atoms with E-state index in [0.29, 0.717) is 11.1 Å². The van der Waals surface area contributed by atoms with Gasteiger partial charge in [0.15, 0.2) is 5.82 Å². The summed E-state index contributed by atoms with van der Waals surface area (Å²) in [5.41, 5.74) is 0.168. The summed E-state index contributed by atoms with van der Waals surface area (Å²) in [7, 11) is 0. The van der Waals surface area contributed by atoms with E-state index in [4.69, 9.17) is 0 Å². The Labute approximate surface area is 125 Å². The summed E-state index contributed by atoms with van der Waals surface area (Å²) >= 11 is -1.28. The van der Waals surface area contributed by atoms with Crippen LogP contribution in [0.5, 0.6) is 0 Å². The SMILES string of the molecule is C[S+]([O-])NC(C)(C)c1ccnc(-c2ccc(F)cc2)c1F. The van der Waals surface area contributed by atoms with Crippen LogP contribution in [0.1, 0.15) is 19.4 Å². The number of halogens is 2. The molecule has 21 heavy (non-hydrogen) atoms. The maximum absolute atomic E-state index is 14.7. The first-order valence-electron chi connectivity index (χ1n) is 6.33. The standard InChI is InChI=1S/C15H16F2N2OS/c1-15(2,19-21(3)20)12-8-9-18-14(13(12)17)10-4-6-11(16)7-5-10/h4-9,19H,1-3H3. The molecule has 1 aromatic carbocycles. The van der Waals surface area contributed by atoms with E-state index in [1.807, 2.05) is 0 Å². The van der Waals surface area contributed by atoms with Gasteiger partial charge in [-0.3, -0.25) is 4.98 Å². The normalized spacial score (nSPS) is 13.2. The minimum absolute atomic E-state index is 0.143. The summed E-state index contributed by atoms with van der Waals surface area (Å²) in [4.78, 5) is 4.03. The van der Waals surface area contributed by atoms with Gasteiger partial charge in [0.25, 0.3) is 0 Å². The molecule has 1 heterocycles. The molecule has 0 radical (unpaired) electrons. The van der Waals surface area contributed by atoms with Crippen LogP contribution in [0, 0.1) is 11.6 Å². The van der Waals surface area contributed by atoms with Crippen molar-refractivity contribution in [1.82, 2.24) is 9.71 Å². The fourth-order valence-corrected chi connectivity index (χ4v) is 2.98. The molecule has 0 aliphatic rings. The average Bonchev–Trinajstić information content (AvgIpc) is 2.38. The Morgan fingerprint density at radius 1 is 1.14 bits per heavy atom. The van der Waals surface area contributed by atoms with E-state index in [-0.39, 0.29) is 5.69 Å². The lowest BCUT2D eigenvalue weighted by atomic mass is 9.94. The van der Waals surface area contributed by atoms with Gasteiger partial charge in [-0.25, -0.2) is 8.78 Å². The van der Waals surface area contributed by atoms with Crippen LogP contribution in [0.4, 0.5) is 8.78 Å². The Bertz CT molecular complexity index is 630. The van der Waals surface area contributed by atoms with Crippen molar-refractivity contribution >= 4 is 11.4 Å². The van der Waals surface area contributed by atoms with E-state index >= 15 is 0 Å². The van der Waals surface area contributed by atoms with Gasteiger partial charge in [0, 0.05) is 28.7 Å². The number of pyridine rings is 1. The van der Waals surface area contributed by atoms with Gasteiger partial charge in [-0.15, -0.1) is 4.72 Å². The van der Waals surface area contributed by atoms with Crippen molar-refractivity contribution in [2.45, 2.75) is 19.4 Å². The highest BCUT2D eigenvalue weighted by Crippen LogP contribution is 2.29. The molecule has 0 saturated carbocycles. The fraction of sp³-hybridized carbons (Fsp3) is 0.267. The molecule has 6 heteroatoms. The molecule has 1 atom stereocenters. The molecule has 1 aromatic heterocycles. The van der Waals surface area contributed by atoms with E-state index in [0.717, 1.165) is 0 Å². The summed E-state index contributed by atoms with van der Waals surface area (Å²) < 4.78 is 41.8. The van der Waals surface area contributed by atoms with Crippen LogP contribution in [0.3, 0.4) is 0 Å². The summed E-state index contributed by atoms with van der Waals surface area (Å²) in [6.45, 7) is 3.47. The number of aromatic nitrogens is 1. The number of rotatable bonds is 4. The molecule has 0 saturated heterocycles. The van der Waals surface area contributed by atoms with Gasteiger partial charge in [0.05, 0.1) is 5.54 Å². The smallest absolute Gasteiger partial charge is 0.154 e. The first-order chi connectivity index (χ1) is 9.81. The Morgan fingerprint density at radius 3 is 2.33 bits per heavy atom. The first-order valence-corrected chi connectivity index (χ1v) is 7.89. The van der Waals surface area contributed by atoms with Crippen LogP contribution in [-0.4, -0.2) is 15.8 Å². The molecule has 3 nitrogen and oxygen atoms in total. The molecule has 1 unspecified atom stereocenters. The third kappa shape index (κ3) is 3.58. The van der Waals surface area contributed by atoms with Gasteiger partial charge in [-0.05, 0) is 44.2 Å². The van der Waals surface area contributed by atoms with Crippen LogP contribution in [0.2, 0.25) is 0 Å². The molecule has 0 amide bonds. The topological polar surface area (TPSA) is 48.0 Å². The maximum atomic E-state index is 14.7. The zero-order valence-electron chi connectivity index (χ0n) is 12.0. The highest BCUT2D eigenvalue weighted by molar-refractivity contribution is 7.88. The van der Waals surface area contributed by atoms with Crippen LogP contribution < -0.4 is 4.72 Å². The van der Waals surface area contributed by atoms with Crippen LogP contribution in [0.25, 0.3) is 11.3 Å². The molecule has 0 aliphatic heterocycles. The van der Waals surface area contributed by atoms with Gasteiger partial charge in [0.2, 0.25) is 0 Å². The van der Waals surface area contributed by atoms with Gasteiger partial charge >= 0.3 is 0 Å². The van der Waals surface area contributed by atoms with Crippen molar-refractivity contribution in [2.24, 2.45) is 0 Å². The molecule has 112 valence electrons. The summed E-state index contributed by atoms with van der Waals surface area (Å²) in [6.07, 6.45) is 2.97. The Hall–Kier alpha value is -1.50. The summed E-state index contributed by atoms with van der Waals surface area (Å²) in [6, 6.07) is 7.01. The number of nitrogens with one attached hydrogen (secondary N) is 1. The third-order valence-corrected chi connectivity index (χ3v) is 3.88. The lowest BCUT2D eigenvalue weighted by Crippen LogP contribution is -2.41. The Morgan fingerprint density at radius 2 is 1.76 bits per heavy atom. The van der Waals surface area contributed by atoms with Crippen LogP contribution >= 0.6 is 0 Å². The number of nitrogens with zero attached hydrogens (tertiary/aromatic N) is 1. The molecule has 0 fully saturated rings. The second kappa shape index (κ2) is 6.09. The minimum atomic E-state index is -1.28. The third-order valence-electron chi connectivity index (χ3n) is 3.08. The average molecular weight is 310 g/mol. The zero-order valence-corrected chi connectivity index (χ0v) is 12.8. The van der Waals surface area contributed by atoms with Crippen LogP contribution in [-0.2, 0) is 16.9 Å². The second-order valence-corrected chi connectivity index (χ2v) is 6.32. The Balaban J connectivity index is 2.47. The summed E-state index contributed by atoms with van der Waals surface area (Å²) in [5, 5.41) is 0. The van der Waals surface area contributed by atoms with Crippen molar-refractivity contribution in [3.8, 4) is 11.3 Å². The largest absolute Gasteiger partial charge is 0.598 e. The number of hydrogen-bond donors (Lipinski definition) is 1. The number of benzene rings is 1. The van der Waals surface area contributed by atoms with Gasteiger partial charge in [-0.2, -0.15) is 0 Å². The van der Waals surface area contributed by atoms with E-state index in [1.54, 1.807) is 19.9 Å². The van der Waals surface area contributed by atoms with E-state index in [1.165, 1.54) is 36.7 Å². The van der Waals surface area contributed by atoms with Crippen molar-refractivity contribution < 1.29 is 13.3 Å². The molecule has 0 aliphatic carbocycles. The van der Waals surface area contributed by atoms with Crippen molar-refractivity contribution in [1.29, 1.82) is 0 Å².